The molecule has 1 aromatic carbocycles. The number of sulfonamides is 1. The lowest BCUT2D eigenvalue weighted by atomic mass is 10.0. The Hall–Kier alpha value is -3.49. The fourth-order valence-corrected chi connectivity index (χ4v) is 5.98. The number of rotatable bonds is 10. The number of nitrogens with zero attached hydrogens (tertiary/aromatic N) is 5. The molecule has 2 aliphatic rings. The van der Waals surface area contributed by atoms with Crippen molar-refractivity contribution in [2.75, 3.05) is 69.2 Å². The van der Waals surface area contributed by atoms with Gasteiger partial charge in [-0.1, -0.05) is 6.58 Å². The highest BCUT2D eigenvalue weighted by Gasteiger charge is 2.29. The molecular weight excluding hydrogens is 553 g/mol. The van der Waals surface area contributed by atoms with Crippen LogP contribution in [0.4, 0.5) is 27.4 Å². The largest absolute Gasteiger partial charge is 0.494 e. The Morgan fingerprint density at radius 1 is 1.20 bits per heavy atom. The van der Waals surface area contributed by atoms with E-state index in [9.17, 15) is 17.6 Å². The lowest BCUT2D eigenvalue weighted by Crippen LogP contribution is -2.44. The van der Waals surface area contributed by atoms with E-state index in [-0.39, 0.29) is 24.3 Å². The molecule has 1 atom stereocenters. The van der Waals surface area contributed by atoms with Crippen molar-refractivity contribution in [1.29, 1.82) is 0 Å². The van der Waals surface area contributed by atoms with Gasteiger partial charge in [0.15, 0.2) is 0 Å². The van der Waals surface area contributed by atoms with Crippen LogP contribution in [0.2, 0.25) is 0 Å². The fourth-order valence-electron chi connectivity index (χ4n) is 5.08. The van der Waals surface area contributed by atoms with Crippen LogP contribution in [-0.4, -0.2) is 99.3 Å². The standard InChI is InChI=1S/C27H38FN7O5S/c1-6-25(36)30-21-14-22(24(39-4)15-23(21)34-12-9-18(10-13-34)33(2)3)31-27-29-16-20(28)26(32-27)40-19-8-7-11-35(17-19)41(5,37)38/h6,14-16,18-19H,1,7-13,17H2,2-5H3,(H,30,36)(H,29,31,32)/t19-/m0/s1. The number of halogens is 1. The van der Waals surface area contributed by atoms with E-state index in [4.69, 9.17) is 9.47 Å². The summed E-state index contributed by atoms with van der Waals surface area (Å²) in [6, 6.07) is 4.03. The highest BCUT2D eigenvalue weighted by molar-refractivity contribution is 7.88. The van der Waals surface area contributed by atoms with Crippen molar-refractivity contribution in [3.63, 3.8) is 0 Å². The van der Waals surface area contributed by atoms with Crippen LogP contribution in [0.5, 0.6) is 11.6 Å². The van der Waals surface area contributed by atoms with E-state index in [1.54, 1.807) is 6.07 Å². The van der Waals surface area contributed by atoms with Crippen LogP contribution in [-0.2, 0) is 14.8 Å². The third-order valence-electron chi connectivity index (χ3n) is 7.34. The van der Waals surface area contributed by atoms with E-state index in [0.717, 1.165) is 44.1 Å². The minimum atomic E-state index is -3.39. The van der Waals surface area contributed by atoms with Gasteiger partial charge in [0, 0.05) is 31.7 Å². The predicted octanol–water partition coefficient (Wildman–Crippen LogP) is 2.83. The molecular formula is C27H38FN7O5S. The fraction of sp³-hybridized carbons (Fsp3) is 0.519. The van der Waals surface area contributed by atoms with Gasteiger partial charge in [-0.05, 0) is 51.9 Å². The Kier molecular flexibility index (Phi) is 9.66. The van der Waals surface area contributed by atoms with Crippen molar-refractivity contribution in [3.05, 3.63) is 36.8 Å². The second-order valence-electron chi connectivity index (χ2n) is 10.4. The van der Waals surface area contributed by atoms with Crippen molar-refractivity contribution in [1.82, 2.24) is 19.2 Å². The zero-order valence-electron chi connectivity index (χ0n) is 23.9. The van der Waals surface area contributed by atoms with Crippen LogP contribution in [0.25, 0.3) is 0 Å². The average Bonchev–Trinajstić information content (AvgIpc) is 2.94. The number of carbonyl (C=O) groups excluding carboxylic acids is 1. The lowest BCUT2D eigenvalue weighted by Gasteiger charge is -2.37. The second-order valence-corrected chi connectivity index (χ2v) is 12.4. The smallest absolute Gasteiger partial charge is 0.255 e. The minimum absolute atomic E-state index is 0.0380. The first-order valence-electron chi connectivity index (χ1n) is 13.5. The quantitative estimate of drug-likeness (QED) is 0.398. The minimum Gasteiger partial charge on any atom is -0.494 e. The summed E-state index contributed by atoms with van der Waals surface area (Å²) in [4.78, 5) is 25.0. The molecule has 2 fully saturated rings. The summed E-state index contributed by atoms with van der Waals surface area (Å²) in [5, 5.41) is 5.92. The van der Waals surface area contributed by atoms with E-state index in [1.807, 2.05) is 6.07 Å². The number of ether oxygens (including phenoxy) is 2. The summed E-state index contributed by atoms with van der Waals surface area (Å²) >= 11 is 0. The Morgan fingerprint density at radius 3 is 2.56 bits per heavy atom. The van der Waals surface area contributed by atoms with Gasteiger partial charge in [0.2, 0.25) is 27.7 Å². The van der Waals surface area contributed by atoms with Crippen molar-refractivity contribution < 1.29 is 27.1 Å². The van der Waals surface area contributed by atoms with Gasteiger partial charge in [-0.25, -0.2) is 13.4 Å². The zero-order chi connectivity index (χ0) is 29.7. The summed E-state index contributed by atoms with van der Waals surface area (Å²) in [5.41, 5.74) is 1.79. The third kappa shape index (κ3) is 7.63. The van der Waals surface area contributed by atoms with Crippen LogP contribution in [0.3, 0.4) is 0 Å². The number of aromatic nitrogens is 2. The molecule has 0 saturated carbocycles. The summed E-state index contributed by atoms with van der Waals surface area (Å²) in [7, 11) is 2.29. The molecule has 2 aromatic rings. The molecule has 4 rings (SSSR count). The Labute approximate surface area is 240 Å². The molecule has 224 valence electrons. The number of carbonyl (C=O) groups is 1. The Bertz CT molecular complexity index is 1370. The molecule has 41 heavy (non-hydrogen) atoms. The maximum atomic E-state index is 14.6. The van der Waals surface area contributed by atoms with Gasteiger partial charge in [0.1, 0.15) is 11.9 Å². The molecule has 0 aliphatic carbocycles. The van der Waals surface area contributed by atoms with Gasteiger partial charge in [-0.15, -0.1) is 0 Å². The first-order chi connectivity index (χ1) is 19.5. The van der Waals surface area contributed by atoms with E-state index in [1.165, 1.54) is 17.5 Å². The van der Waals surface area contributed by atoms with Crippen LogP contribution in [0, 0.1) is 5.82 Å². The third-order valence-corrected chi connectivity index (χ3v) is 8.61. The van der Waals surface area contributed by atoms with Gasteiger partial charge in [-0.2, -0.15) is 13.7 Å². The van der Waals surface area contributed by atoms with Gasteiger partial charge in [-0.3, -0.25) is 4.79 Å². The molecule has 2 N–H and O–H groups in total. The van der Waals surface area contributed by atoms with Gasteiger partial charge in [0.05, 0.1) is 43.2 Å². The number of benzene rings is 1. The SMILES string of the molecule is C=CC(=O)Nc1cc(Nc2ncc(F)c(O[C@H]3CCCN(S(C)(=O)=O)C3)n2)c(OC)cc1N1CCC(N(C)C)CC1. The van der Waals surface area contributed by atoms with Crippen LogP contribution >= 0.6 is 0 Å². The first kappa shape index (κ1) is 30.5. The van der Waals surface area contributed by atoms with E-state index >= 15 is 0 Å². The summed E-state index contributed by atoms with van der Waals surface area (Å²) < 4.78 is 51.3. The molecule has 2 aliphatic heterocycles. The highest BCUT2D eigenvalue weighted by Crippen LogP contribution is 2.39. The van der Waals surface area contributed by atoms with E-state index in [2.05, 4.69) is 51.1 Å². The van der Waals surface area contributed by atoms with E-state index in [0.29, 0.717) is 42.6 Å². The summed E-state index contributed by atoms with van der Waals surface area (Å²) in [6.45, 7) is 5.67. The summed E-state index contributed by atoms with van der Waals surface area (Å²) in [5.74, 6) is -0.916. The number of nitrogens with one attached hydrogen (secondary N) is 2. The molecule has 1 aromatic heterocycles. The number of amides is 1. The van der Waals surface area contributed by atoms with Gasteiger partial charge < -0.3 is 29.9 Å². The molecule has 0 radical (unpaired) electrons. The Morgan fingerprint density at radius 2 is 1.93 bits per heavy atom. The molecule has 2 saturated heterocycles. The van der Waals surface area contributed by atoms with E-state index < -0.39 is 21.9 Å². The lowest BCUT2D eigenvalue weighted by molar-refractivity contribution is -0.111. The second kappa shape index (κ2) is 13.0. The first-order valence-corrected chi connectivity index (χ1v) is 15.3. The maximum absolute atomic E-state index is 14.6. The maximum Gasteiger partial charge on any atom is 0.255 e. The van der Waals surface area contributed by atoms with Gasteiger partial charge in [0.25, 0.3) is 5.88 Å². The topological polar surface area (TPSA) is 129 Å². The predicted molar refractivity (Wildman–Crippen MR) is 156 cm³/mol. The molecule has 0 unspecified atom stereocenters. The van der Waals surface area contributed by atoms with Crippen molar-refractivity contribution in [2.45, 2.75) is 37.8 Å². The van der Waals surface area contributed by atoms with Crippen molar-refractivity contribution >= 4 is 38.9 Å². The molecule has 12 nitrogen and oxygen atoms in total. The van der Waals surface area contributed by atoms with Gasteiger partial charge >= 0.3 is 0 Å². The highest BCUT2D eigenvalue weighted by atomic mass is 32.2. The summed E-state index contributed by atoms with van der Waals surface area (Å²) in [6.07, 6.45) is 5.86. The molecule has 14 heteroatoms. The number of anilines is 4. The molecule has 0 spiro atoms. The number of piperidine rings is 2. The van der Waals surface area contributed by atoms with Crippen LogP contribution in [0.15, 0.2) is 31.0 Å². The molecule has 0 bridgehead atoms. The molecule has 1 amide bonds. The molecule has 3 heterocycles. The Balaban J connectivity index is 1.59. The number of methoxy groups -OCH3 is 1. The van der Waals surface area contributed by atoms with Crippen LogP contribution < -0.4 is 25.0 Å². The normalized spacial score (nSPS) is 18.7. The van der Waals surface area contributed by atoms with Crippen LogP contribution in [0.1, 0.15) is 25.7 Å². The van der Waals surface area contributed by atoms with Crippen molar-refractivity contribution in [3.8, 4) is 11.6 Å². The average molecular weight is 592 g/mol. The van der Waals surface area contributed by atoms with Crippen molar-refractivity contribution in [2.24, 2.45) is 0 Å². The number of hydrogen-bond donors (Lipinski definition) is 2. The monoisotopic (exact) mass is 591 g/mol. The zero-order valence-corrected chi connectivity index (χ0v) is 24.7. The number of hydrogen-bond acceptors (Lipinski definition) is 10.